The van der Waals surface area contributed by atoms with Crippen molar-refractivity contribution in [2.45, 2.75) is 19.4 Å². The monoisotopic (exact) mass is 260 g/mol. The van der Waals surface area contributed by atoms with Crippen LogP contribution in [0.5, 0.6) is 0 Å². The summed E-state index contributed by atoms with van der Waals surface area (Å²) in [7, 11) is 3.89. The van der Waals surface area contributed by atoms with Crippen LogP contribution in [0.2, 0.25) is 0 Å². The number of hydrogen-bond acceptors (Lipinski definition) is 2. The molecule has 4 nitrogen and oxygen atoms in total. The van der Waals surface area contributed by atoms with E-state index in [2.05, 4.69) is 28.2 Å². The van der Waals surface area contributed by atoms with E-state index < -0.39 is 5.97 Å². The van der Waals surface area contributed by atoms with E-state index in [-0.39, 0.29) is 12.0 Å². The number of aromatic nitrogens is 1. The summed E-state index contributed by atoms with van der Waals surface area (Å²) in [6.07, 6.45) is 2.67. The average molecular weight is 260 g/mol. The minimum Gasteiger partial charge on any atom is -0.481 e. The molecule has 2 rings (SSSR count). The summed E-state index contributed by atoms with van der Waals surface area (Å²) in [6.45, 7) is 1.75. The predicted octanol–water partition coefficient (Wildman–Crippen LogP) is 2.55. The van der Waals surface area contributed by atoms with Crippen molar-refractivity contribution < 1.29 is 9.90 Å². The summed E-state index contributed by atoms with van der Waals surface area (Å²) in [4.78, 5) is 11.0. The lowest BCUT2D eigenvalue weighted by Gasteiger charge is -2.18. The highest BCUT2D eigenvalue weighted by molar-refractivity contribution is 5.84. The normalized spacial score (nSPS) is 14.5. The van der Waals surface area contributed by atoms with Gasteiger partial charge < -0.3 is 15.0 Å². The minimum absolute atomic E-state index is 0.0530. The second-order valence-corrected chi connectivity index (χ2v) is 5.03. The molecule has 0 aliphatic carbocycles. The first-order valence-corrected chi connectivity index (χ1v) is 6.48. The number of carboxylic acid groups (broad SMARTS) is 1. The molecular weight excluding hydrogens is 240 g/mol. The van der Waals surface area contributed by atoms with E-state index in [0.717, 1.165) is 5.56 Å². The van der Waals surface area contributed by atoms with E-state index in [9.17, 15) is 4.79 Å². The Morgan fingerprint density at radius 2 is 2.11 bits per heavy atom. The van der Waals surface area contributed by atoms with Gasteiger partial charge in [-0.25, -0.2) is 0 Å². The SMILES string of the molecule is CNC(CC(C)C(=O)O)c1cn(C)c2ccccc12. The number of hydrogen-bond donors (Lipinski definition) is 2. The number of benzene rings is 1. The van der Waals surface area contributed by atoms with Crippen molar-refractivity contribution in [3.63, 3.8) is 0 Å². The first kappa shape index (κ1) is 13.6. The second kappa shape index (κ2) is 5.45. The van der Waals surface area contributed by atoms with Gasteiger partial charge in [-0.05, 0) is 25.1 Å². The molecule has 2 N–H and O–H groups in total. The van der Waals surface area contributed by atoms with Gasteiger partial charge in [0.15, 0.2) is 0 Å². The zero-order chi connectivity index (χ0) is 14.0. The summed E-state index contributed by atoms with van der Waals surface area (Å²) in [5.41, 5.74) is 2.33. The molecule has 0 radical (unpaired) electrons. The number of rotatable bonds is 5. The van der Waals surface area contributed by atoms with Gasteiger partial charge in [-0.3, -0.25) is 4.79 Å². The number of nitrogens with one attached hydrogen (secondary N) is 1. The third-order valence-corrected chi connectivity index (χ3v) is 3.66. The maximum atomic E-state index is 11.0. The lowest BCUT2D eigenvalue weighted by molar-refractivity contribution is -0.141. The van der Waals surface area contributed by atoms with Gasteiger partial charge in [-0.15, -0.1) is 0 Å². The number of aryl methyl sites for hydroxylation is 1. The standard InChI is InChI=1S/C15H20N2O2/c1-10(15(18)19)8-13(16-2)12-9-17(3)14-7-5-4-6-11(12)14/h4-7,9-10,13,16H,8H2,1-3H3,(H,18,19). The molecule has 1 aromatic carbocycles. The van der Waals surface area contributed by atoms with Crippen LogP contribution in [-0.2, 0) is 11.8 Å². The van der Waals surface area contributed by atoms with Crippen molar-refractivity contribution in [2.75, 3.05) is 7.05 Å². The fraction of sp³-hybridized carbons (Fsp3) is 0.400. The van der Waals surface area contributed by atoms with Gasteiger partial charge >= 0.3 is 5.97 Å². The number of carboxylic acids is 1. The molecule has 19 heavy (non-hydrogen) atoms. The molecule has 0 saturated carbocycles. The van der Waals surface area contributed by atoms with Crippen LogP contribution in [0.15, 0.2) is 30.5 Å². The molecule has 0 amide bonds. The van der Waals surface area contributed by atoms with Crippen LogP contribution in [0.25, 0.3) is 10.9 Å². The maximum Gasteiger partial charge on any atom is 0.306 e. The molecule has 0 aliphatic heterocycles. The predicted molar refractivity (Wildman–Crippen MR) is 76.1 cm³/mol. The maximum absolute atomic E-state index is 11.0. The molecule has 1 aromatic heterocycles. The molecule has 2 aromatic rings. The molecule has 2 atom stereocenters. The van der Waals surface area contributed by atoms with Crippen LogP contribution < -0.4 is 5.32 Å². The van der Waals surface area contributed by atoms with E-state index in [1.165, 1.54) is 10.9 Å². The third-order valence-electron chi connectivity index (χ3n) is 3.66. The lowest BCUT2D eigenvalue weighted by atomic mass is 9.96. The van der Waals surface area contributed by atoms with Crippen LogP contribution in [0, 0.1) is 5.92 Å². The van der Waals surface area contributed by atoms with Gasteiger partial charge in [0.05, 0.1) is 5.92 Å². The fourth-order valence-electron chi connectivity index (χ4n) is 2.51. The average Bonchev–Trinajstić information content (AvgIpc) is 2.73. The van der Waals surface area contributed by atoms with E-state index >= 15 is 0 Å². The molecule has 4 heteroatoms. The Morgan fingerprint density at radius 3 is 2.74 bits per heavy atom. The van der Waals surface area contributed by atoms with Crippen molar-refractivity contribution in [1.82, 2.24) is 9.88 Å². The molecule has 102 valence electrons. The Kier molecular flexibility index (Phi) is 3.90. The molecule has 0 bridgehead atoms. The highest BCUT2D eigenvalue weighted by Crippen LogP contribution is 2.29. The Hall–Kier alpha value is -1.81. The van der Waals surface area contributed by atoms with Crippen molar-refractivity contribution >= 4 is 16.9 Å². The zero-order valence-electron chi connectivity index (χ0n) is 11.6. The first-order valence-electron chi connectivity index (χ1n) is 6.48. The zero-order valence-corrected chi connectivity index (χ0v) is 11.6. The Bertz CT molecular complexity index is 589. The van der Waals surface area contributed by atoms with Crippen molar-refractivity contribution in [3.8, 4) is 0 Å². The molecule has 1 heterocycles. The van der Waals surface area contributed by atoms with Crippen LogP contribution in [0.1, 0.15) is 24.9 Å². The van der Waals surface area contributed by atoms with Gasteiger partial charge in [-0.1, -0.05) is 25.1 Å². The van der Waals surface area contributed by atoms with E-state index in [4.69, 9.17) is 5.11 Å². The number of aliphatic carboxylic acids is 1. The Balaban J connectivity index is 2.38. The quantitative estimate of drug-likeness (QED) is 0.868. The summed E-state index contributed by atoms with van der Waals surface area (Å²) < 4.78 is 2.08. The van der Waals surface area contributed by atoms with Crippen molar-refractivity contribution in [2.24, 2.45) is 13.0 Å². The van der Waals surface area contributed by atoms with Crippen LogP contribution in [0.3, 0.4) is 0 Å². The van der Waals surface area contributed by atoms with Crippen molar-refractivity contribution in [1.29, 1.82) is 0 Å². The van der Waals surface area contributed by atoms with Gasteiger partial charge in [0.1, 0.15) is 0 Å². The smallest absolute Gasteiger partial charge is 0.306 e. The third kappa shape index (κ3) is 2.63. The second-order valence-electron chi connectivity index (χ2n) is 5.03. The highest BCUT2D eigenvalue weighted by atomic mass is 16.4. The van der Waals surface area contributed by atoms with Crippen molar-refractivity contribution in [3.05, 3.63) is 36.0 Å². The largest absolute Gasteiger partial charge is 0.481 e. The number of nitrogens with zero attached hydrogens (tertiary/aromatic N) is 1. The molecule has 0 spiro atoms. The number of carbonyl (C=O) groups is 1. The van der Waals surface area contributed by atoms with Gasteiger partial charge in [0, 0.05) is 30.2 Å². The molecule has 0 saturated heterocycles. The van der Waals surface area contributed by atoms with Gasteiger partial charge in [0.25, 0.3) is 0 Å². The topological polar surface area (TPSA) is 54.3 Å². The summed E-state index contributed by atoms with van der Waals surface area (Å²) in [5.74, 6) is -1.11. The molecule has 0 fully saturated rings. The summed E-state index contributed by atoms with van der Waals surface area (Å²) >= 11 is 0. The lowest BCUT2D eigenvalue weighted by Crippen LogP contribution is -2.22. The fourth-order valence-corrected chi connectivity index (χ4v) is 2.51. The van der Waals surface area contributed by atoms with E-state index in [1.54, 1.807) is 6.92 Å². The molecule has 0 aliphatic rings. The Labute approximate surface area is 113 Å². The van der Waals surface area contributed by atoms with Gasteiger partial charge in [0.2, 0.25) is 0 Å². The number of para-hydroxylation sites is 1. The van der Waals surface area contributed by atoms with Crippen LogP contribution in [-0.4, -0.2) is 22.7 Å². The molecule has 2 unspecified atom stereocenters. The Morgan fingerprint density at radius 1 is 1.42 bits per heavy atom. The minimum atomic E-state index is -0.750. The summed E-state index contributed by atoms with van der Waals surface area (Å²) in [6, 6.07) is 8.24. The van der Waals surface area contributed by atoms with E-state index in [1.807, 2.05) is 26.2 Å². The number of fused-ring (bicyclic) bond motifs is 1. The summed E-state index contributed by atoms with van der Waals surface area (Å²) in [5, 5.41) is 13.5. The van der Waals surface area contributed by atoms with Crippen LogP contribution >= 0.6 is 0 Å². The molecular formula is C15H20N2O2. The first-order chi connectivity index (χ1) is 9.04. The van der Waals surface area contributed by atoms with Crippen LogP contribution in [0.4, 0.5) is 0 Å². The van der Waals surface area contributed by atoms with Gasteiger partial charge in [-0.2, -0.15) is 0 Å². The highest BCUT2D eigenvalue weighted by Gasteiger charge is 2.21. The van der Waals surface area contributed by atoms with E-state index in [0.29, 0.717) is 6.42 Å².